The molecule has 0 aromatic heterocycles. The topological polar surface area (TPSA) is 55.8 Å². The molecule has 0 radical (unpaired) electrons. The smallest absolute Gasteiger partial charge is 0.335 e. The molecule has 6 heteroatoms. The molecule has 1 aromatic rings. The maximum Gasteiger partial charge on any atom is 0.335 e. The Morgan fingerprint density at radius 1 is 1.35 bits per heavy atom. The van der Waals surface area contributed by atoms with Crippen LogP contribution in [0.15, 0.2) is 24.3 Å². The summed E-state index contributed by atoms with van der Waals surface area (Å²) in [5, 5.41) is 9.84. The van der Waals surface area contributed by atoms with E-state index in [0.29, 0.717) is 12.7 Å². The normalized spacial score (nSPS) is 14.5. The number of esters is 1. The average Bonchev–Trinajstić information content (AvgIpc) is 2.38. The van der Waals surface area contributed by atoms with Gasteiger partial charge in [-0.1, -0.05) is 12.1 Å². The van der Waals surface area contributed by atoms with Crippen molar-refractivity contribution in [2.45, 2.75) is 31.8 Å². The van der Waals surface area contributed by atoms with Crippen LogP contribution in [0.1, 0.15) is 25.3 Å². The first kappa shape index (κ1) is 16.4. The van der Waals surface area contributed by atoms with Gasteiger partial charge in [-0.15, -0.1) is 0 Å². The van der Waals surface area contributed by atoms with Crippen LogP contribution in [0.5, 0.6) is 5.75 Å². The molecule has 4 nitrogen and oxygen atoms in total. The summed E-state index contributed by atoms with van der Waals surface area (Å²) < 4.78 is 37.0. The molecule has 0 unspecified atom stereocenters. The van der Waals surface area contributed by atoms with Crippen molar-refractivity contribution in [1.82, 2.24) is 0 Å². The van der Waals surface area contributed by atoms with Crippen molar-refractivity contribution in [1.29, 1.82) is 0 Å². The number of halogens is 2. The summed E-state index contributed by atoms with van der Waals surface area (Å²) in [5.41, 5.74) is 0.138. The molecule has 0 aliphatic carbocycles. The Bertz CT molecular complexity index is 439. The Hall–Kier alpha value is -1.69. The number of aliphatic hydroxyl groups is 1. The van der Waals surface area contributed by atoms with E-state index < -0.39 is 23.9 Å². The quantitative estimate of drug-likeness (QED) is 0.816. The van der Waals surface area contributed by atoms with Gasteiger partial charge in [0.1, 0.15) is 5.75 Å². The zero-order valence-electron chi connectivity index (χ0n) is 11.6. The van der Waals surface area contributed by atoms with Gasteiger partial charge in [0.05, 0.1) is 19.6 Å². The fourth-order valence-corrected chi connectivity index (χ4v) is 1.93. The maximum absolute atomic E-state index is 13.7. The molecule has 112 valence electrons. The minimum Gasteiger partial charge on any atom is -0.497 e. The molecular formula is C14H18F2O4. The molecule has 20 heavy (non-hydrogen) atoms. The largest absolute Gasteiger partial charge is 0.497 e. The second kappa shape index (κ2) is 6.65. The number of benzene rings is 1. The van der Waals surface area contributed by atoms with Gasteiger partial charge in [-0.3, -0.25) is 0 Å². The van der Waals surface area contributed by atoms with E-state index in [9.17, 15) is 18.7 Å². The van der Waals surface area contributed by atoms with Gasteiger partial charge in [-0.2, -0.15) is 0 Å². The Labute approximate surface area is 116 Å². The number of carbonyl (C=O) groups is 1. The molecule has 0 fully saturated rings. The summed E-state index contributed by atoms with van der Waals surface area (Å²) in [6.45, 7) is 2.21. The van der Waals surface area contributed by atoms with E-state index in [1.54, 1.807) is 0 Å². The predicted molar refractivity (Wildman–Crippen MR) is 69.0 cm³/mol. The molecule has 0 spiro atoms. The first-order chi connectivity index (χ1) is 9.31. The SMILES string of the molecule is CCOC(=O)[C@H](O)[C@H](c1ccc(OC)cc1)C(C)(F)F. The minimum atomic E-state index is -3.28. The van der Waals surface area contributed by atoms with Crippen LogP contribution in [0, 0.1) is 0 Å². The van der Waals surface area contributed by atoms with Gasteiger partial charge < -0.3 is 14.6 Å². The molecule has 0 aliphatic heterocycles. The van der Waals surface area contributed by atoms with Gasteiger partial charge >= 0.3 is 5.97 Å². The Kier molecular flexibility index (Phi) is 5.44. The van der Waals surface area contributed by atoms with Crippen LogP contribution < -0.4 is 4.74 Å². The monoisotopic (exact) mass is 288 g/mol. The van der Waals surface area contributed by atoms with Crippen LogP contribution in [-0.2, 0) is 9.53 Å². The van der Waals surface area contributed by atoms with Crippen molar-refractivity contribution in [3.63, 3.8) is 0 Å². The highest BCUT2D eigenvalue weighted by atomic mass is 19.3. The van der Waals surface area contributed by atoms with Gasteiger partial charge in [0, 0.05) is 6.92 Å². The Morgan fingerprint density at radius 3 is 2.30 bits per heavy atom. The third-order valence-corrected chi connectivity index (χ3v) is 2.86. The average molecular weight is 288 g/mol. The molecular weight excluding hydrogens is 270 g/mol. The molecule has 1 rings (SSSR count). The first-order valence-electron chi connectivity index (χ1n) is 6.17. The van der Waals surface area contributed by atoms with E-state index in [0.717, 1.165) is 0 Å². The highest BCUT2D eigenvalue weighted by molar-refractivity contribution is 5.76. The van der Waals surface area contributed by atoms with Gasteiger partial charge in [-0.05, 0) is 24.6 Å². The van der Waals surface area contributed by atoms with E-state index in [2.05, 4.69) is 4.74 Å². The molecule has 1 N–H and O–H groups in total. The summed E-state index contributed by atoms with van der Waals surface area (Å²) >= 11 is 0. The molecule has 0 saturated carbocycles. The number of methoxy groups -OCH3 is 1. The first-order valence-corrected chi connectivity index (χ1v) is 6.17. The molecule has 2 atom stereocenters. The number of alkyl halides is 2. The van der Waals surface area contributed by atoms with Gasteiger partial charge in [0.25, 0.3) is 5.92 Å². The summed E-state index contributed by atoms with van der Waals surface area (Å²) in [6, 6.07) is 5.77. The van der Waals surface area contributed by atoms with Crippen molar-refractivity contribution < 1.29 is 28.2 Å². The Balaban J connectivity index is 3.08. The van der Waals surface area contributed by atoms with E-state index in [1.165, 1.54) is 38.3 Å². The Morgan fingerprint density at radius 2 is 1.90 bits per heavy atom. The lowest BCUT2D eigenvalue weighted by molar-refractivity contribution is -0.160. The van der Waals surface area contributed by atoms with E-state index in [4.69, 9.17) is 4.74 Å². The third-order valence-electron chi connectivity index (χ3n) is 2.86. The zero-order chi connectivity index (χ0) is 15.3. The van der Waals surface area contributed by atoms with E-state index in [-0.39, 0.29) is 12.2 Å². The highest BCUT2D eigenvalue weighted by Crippen LogP contribution is 2.37. The van der Waals surface area contributed by atoms with Crippen LogP contribution in [0.3, 0.4) is 0 Å². The van der Waals surface area contributed by atoms with Crippen LogP contribution in [0.25, 0.3) is 0 Å². The molecule has 0 heterocycles. The maximum atomic E-state index is 13.7. The number of rotatable bonds is 6. The minimum absolute atomic E-state index is 0.0144. The van der Waals surface area contributed by atoms with Gasteiger partial charge in [-0.25, -0.2) is 13.6 Å². The third kappa shape index (κ3) is 3.90. The van der Waals surface area contributed by atoms with Crippen molar-refractivity contribution in [3.05, 3.63) is 29.8 Å². The number of aliphatic hydroxyl groups excluding tert-OH is 1. The summed E-state index contributed by atoms with van der Waals surface area (Å²) in [5.74, 6) is -5.51. The van der Waals surface area contributed by atoms with Crippen molar-refractivity contribution in [3.8, 4) is 5.75 Å². The van der Waals surface area contributed by atoms with Crippen LogP contribution in [0.2, 0.25) is 0 Å². The molecule has 0 bridgehead atoms. The fourth-order valence-electron chi connectivity index (χ4n) is 1.93. The van der Waals surface area contributed by atoms with Gasteiger partial charge in [0.2, 0.25) is 0 Å². The summed E-state index contributed by atoms with van der Waals surface area (Å²) in [6.07, 6.45) is -1.93. The lowest BCUT2D eigenvalue weighted by atomic mass is 9.88. The van der Waals surface area contributed by atoms with Crippen LogP contribution in [0.4, 0.5) is 8.78 Å². The zero-order valence-corrected chi connectivity index (χ0v) is 11.6. The number of hydrogen-bond donors (Lipinski definition) is 1. The molecule has 0 saturated heterocycles. The van der Waals surface area contributed by atoms with Crippen LogP contribution in [-0.4, -0.2) is 36.8 Å². The summed E-state index contributed by atoms with van der Waals surface area (Å²) in [4.78, 5) is 11.5. The van der Waals surface area contributed by atoms with Crippen LogP contribution >= 0.6 is 0 Å². The lowest BCUT2D eigenvalue weighted by Gasteiger charge is -2.27. The fraction of sp³-hybridized carbons (Fsp3) is 0.500. The van der Waals surface area contributed by atoms with E-state index >= 15 is 0 Å². The number of ether oxygens (including phenoxy) is 2. The second-order valence-electron chi connectivity index (χ2n) is 4.40. The highest BCUT2D eigenvalue weighted by Gasteiger charge is 2.44. The number of hydrogen-bond acceptors (Lipinski definition) is 4. The molecule has 0 aliphatic rings. The van der Waals surface area contributed by atoms with Crippen molar-refractivity contribution in [2.24, 2.45) is 0 Å². The van der Waals surface area contributed by atoms with E-state index in [1.807, 2.05) is 0 Å². The molecule has 1 aromatic carbocycles. The predicted octanol–water partition coefficient (Wildman–Crippen LogP) is 2.36. The standard InChI is InChI=1S/C14H18F2O4/c1-4-20-13(18)12(17)11(14(2,15)16)9-5-7-10(19-3)8-6-9/h5-8,11-12,17H,4H2,1-3H3/t11-,12+/m0/s1. The summed E-state index contributed by atoms with van der Waals surface area (Å²) in [7, 11) is 1.45. The van der Waals surface area contributed by atoms with Gasteiger partial charge in [0.15, 0.2) is 6.10 Å². The van der Waals surface area contributed by atoms with Crippen molar-refractivity contribution in [2.75, 3.05) is 13.7 Å². The van der Waals surface area contributed by atoms with Crippen molar-refractivity contribution >= 4 is 5.97 Å². The number of carbonyl (C=O) groups excluding carboxylic acids is 1. The lowest BCUT2D eigenvalue weighted by Crippen LogP contribution is -2.39. The molecule has 0 amide bonds. The second-order valence-corrected chi connectivity index (χ2v) is 4.40.